The van der Waals surface area contributed by atoms with Crippen molar-refractivity contribution in [3.8, 4) is 0 Å². The average Bonchev–Trinajstić information content (AvgIpc) is 3.24. The van der Waals surface area contributed by atoms with Crippen molar-refractivity contribution in [2.45, 2.75) is 90.3 Å². The first-order chi connectivity index (χ1) is 9.65. The van der Waals surface area contributed by atoms with Crippen LogP contribution >= 0.6 is 0 Å². The number of hydrogen-bond donors (Lipinski definition) is 1. The van der Waals surface area contributed by atoms with Gasteiger partial charge in [-0.3, -0.25) is 4.90 Å². The van der Waals surface area contributed by atoms with Crippen LogP contribution in [0.1, 0.15) is 72.1 Å². The molecule has 3 atom stereocenters. The van der Waals surface area contributed by atoms with Gasteiger partial charge in [0.1, 0.15) is 0 Å². The Morgan fingerprint density at radius 1 is 1.15 bits per heavy atom. The van der Waals surface area contributed by atoms with E-state index in [0.717, 1.165) is 30.0 Å². The van der Waals surface area contributed by atoms with E-state index in [0.29, 0.717) is 0 Å². The maximum absolute atomic E-state index is 3.63. The van der Waals surface area contributed by atoms with Gasteiger partial charge >= 0.3 is 0 Å². The summed E-state index contributed by atoms with van der Waals surface area (Å²) in [4.78, 5) is 2.89. The fourth-order valence-electron chi connectivity index (χ4n) is 4.04. The molecule has 0 aliphatic heterocycles. The second kappa shape index (κ2) is 7.79. The predicted octanol–water partition coefficient (Wildman–Crippen LogP) is 4.05. The molecule has 2 heteroatoms. The standard InChI is InChI=1S/C18H36N2/c1-5-6-15-7-10-17(19-4)18(13-15)20(16-8-9-16)12-11-14(2)3/h14-19H,5-13H2,1-4H3. The lowest BCUT2D eigenvalue weighted by atomic mass is 9.79. The highest BCUT2D eigenvalue weighted by atomic mass is 15.2. The van der Waals surface area contributed by atoms with Gasteiger partial charge in [0.2, 0.25) is 0 Å². The average molecular weight is 281 g/mol. The molecular weight excluding hydrogens is 244 g/mol. The molecule has 0 radical (unpaired) electrons. The normalized spacial score (nSPS) is 31.2. The van der Waals surface area contributed by atoms with Crippen molar-refractivity contribution in [1.29, 1.82) is 0 Å². The van der Waals surface area contributed by atoms with Crippen LogP contribution in [-0.4, -0.2) is 36.6 Å². The maximum Gasteiger partial charge on any atom is 0.0254 e. The summed E-state index contributed by atoms with van der Waals surface area (Å²) < 4.78 is 0. The highest BCUT2D eigenvalue weighted by molar-refractivity contribution is 4.96. The topological polar surface area (TPSA) is 15.3 Å². The molecule has 2 saturated carbocycles. The molecule has 0 aromatic heterocycles. The summed E-state index contributed by atoms with van der Waals surface area (Å²) in [6, 6.07) is 2.45. The van der Waals surface area contributed by atoms with Crippen LogP contribution in [-0.2, 0) is 0 Å². The highest BCUT2D eigenvalue weighted by Gasteiger charge is 2.39. The van der Waals surface area contributed by atoms with E-state index in [-0.39, 0.29) is 0 Å². The maximum atomic E-state index is 3.63. The molecule has 0 bridgehead atoms. The summed E-state index contributed by atoms with van der Waals surface area (Å²) >= 11 is 0. The third-order valence-electron chi connectivity index (χ3n) is 5.40. The highest BCUT2D eigenvalue weighted by Crippen LogP contribution is 2.37. The third kappa shape index (κ3) is 4.46. The quantitative estimate of drug-likeness (QED) is 0.721. The Morgan fingerprint density at radius 3 is 2.45 bits per heavy atom. The fourth-order valence-corrected chi connectivity index (χ4v) is 4.04. The van der Waals surface area contributed by atoms with Gasteiger partial charge in [-0.25, -0.2) is 0 Å². The fraction of sp³-hybridized carbons (Fsp3) is 1.00. The number of hydrogen-bond acceptors (Lipinski definition) is 2. The first kappa shape index (κ1) is 16.3. The van der Waals surface area contributed by atoms with Gasteiger partial charge in [0.05, 0.1) is 0 Å². The van der Waals surface area contributed by atoms with E-state index in [2.05, 4.69) is 38.0 Å². The van der Waals surface area contributed by atoms with Gasteiger partial charge in [-0.15, -0.1) is 0 Å². The smallest absolute Gasteiger partial charge is 0.0254 e. The first-order valence-electron chi connectivity index (χ1n) is 9.08. The van der Waals surface area contributed by atoms with Gasteiger partial charge in [0.25, 0.3) is 0 Å². The third-order valence-corrected chi connectivity index (χ3v) is 5.40. The van der Waals surface area contributed by atoms with Crippen molar-refractivity contribution in [3.63, 3.8) is 0 Å². The predicted molar refractivity (Wildman–Crippen MR) is 88.1 cm³/mol. The van der Waals surface area contributed by atoms with E-state index in [4.69, 9.17) is 0 Å². The Kier molecular flexibility index (Phi) is 6.35. The molecule has 118 valence electrons. The van der Waals surface area contributed by atoms with E-state index in [1.807, 2.05) is 0 Å². The number of likely N-dealkylation sites (N-methyl/N-ethyl adjacent to an activating group) is 1. The van der Waals surface area contributed by atoms with Crippen LogP contribution in [0.4, 0.5) is 0 Å². The number of rotatable bonds is 8. The molecule has 0 spiro atoms. The largest absolute Gasteiger partial charge is 0.315 e. The molecule has 2 fully saturated rings. The van der Waals surface area contributed by atoms with Crippen molar-refractivity contribution < 1.29 is 0 Å². The van der Waals surface area contributed by atoms with Crippen LogP contribution in [0.15, 0.2) is 0 Å². The van der Waals surface area contributed by atoms with Gasteiger partial charge in [0, 0.05) is 18.1 Å². The lowest BCUT2D eigenvalue weighted by Crippen LogP contribution is -2.53. The molecule has 0 amide bonds. The van der Waals surface area contributed by atoms with E-state index in [1.54, 1.807) is 0 Å². The Morgan fingerprint density at radius 2 is 1.90 bits per heavy atom. The molecule has 2 nitrogen and oxygen atoms in total. The molecule has 2 rings (SSSR count). The molecule has 20 heavy (non-hydrogen) atoms. The second-order valence-corrected chi connectivity index (χ2v) is 7.58. The molecule has 2 aliphatic rings. The molecule has 0 saturated heterocycles. The zero-order chi connectivity index (χ0) is 14.5. The first-order valence-corrected chi connectivity index (χ1v) is 9.08. The summed E-state index contributed by atoms with van der Waals surface area (Å²) in [6.07, 6.45) is 11.3. The second-order valence-electron chi connectivity index (χ2n) is 7.58. The Bertz CT molecular complexity index is 273. The molecule has 0 heterocycles. The summed E-state index contributed by atoms with van der Waals surface area (Å²) in [5, 5.41) is 3.63. The van der Waals surface area contributed by atoms with Crippen molar-refractivity contribution >= 4 is 0 Å². The van der Waals surface area contributed by atoms with E-state index >= 15 is 0 Å². The van der Waals surface area contributed by atoms with E-state index in [9.17, 15) is 0 Å². The van der Waals surface area contributed by atoms with Crippen molar-refractivity contribution in [3.05, 3.63) is 0 Å². The zero-order valence-electron chi connectivity index (χ0n) is 14.2. The van der Waals surface area contributed by atoms with Crippen molar-refractivity contribution in [2.24, 2.45) is 11.8 Å². The minimum absolute atomic E-state index is 0.732. The monoisotopic (exact) mass is 280 g/mol. The molecule has 1 N–H and O–H groups in total. The van der Waals surface area contributed by atoms with Gasteiger partial charge in [-0.1, -0.05) is 33.6 Å². The molecule has 0 aromatic rings. The summed E-state index contributed by atoms with van der Waals surface area (Å²) in [5.41, 5.74) is 0. The van der Waals surface area contributed by atoms with Crippen LogP contribution in [0.5, 0.6) is 0 Å². The van der Waals surface area contributed by atoms with Crippen LogP contribution in [0, 0.1) is 11.8 Å². The van der Waals surface area contributed by atoms with Crippen LogP contribution < -0.4 is 5.32 Å². The van der Waals surface area contributed by atoms with Gasteiger partial charge < -0.3 is 5.32 Å². The minimum atomic E-state index is 0.732. The van der Waals surface area contributed by atoms with Crippen LogP contribution in [0.25, 0.3) is 0 Å². The molecule has 3 unspecified atom stereocenters. The summed E-state index contributed by atoms with van der Waals surface area (Å²) in [5.74, 6) is 1.81. The van der Waals surface area contributed by atoms with Gasteiger partial charge in [0.15, 0.2) is 0 Å². The molecule has 2 aliphatic carbocycles. The molecule has 0 aromatic carbocycles. The van der Waals surface area contributed by atoms with Crippen LogP contribution in [0.3, 0.4) is 0 Å². The Labute approximate surface area is 126 Å². The van der Waals surface area contributed by atoms with Crippen molar-refractivity contribution in [2.75, 3.05) is 13.6 Å². The SMILES string of the molecule is CCCC1CCC(NC)C(N(CCC(C)C)C2CC2)C1. The minimum Gasteiger partial charge on any atom is -0.315 e. The van der Waals surface area contributed by atoms with Gasteiger partial charge in [-0.2, -0.15) is 0 Å². The zero-order valence-corrected chi connectivity index (χ0v) is 14.2. The Hall–Kier alpha value is -0.0800. The van der Waals surface area contributed by atoms with Crippen LogP contribution in [0.2, 0.25) is 0 Å². The lowest BCUT2D eigenvalue weighted by molar-refractivity contribution is 0.0856. The van der Waals surface area contributed by atoms with Crippen molar-refractivity contribution in [1.82, 2.24) is 10.2 Å². The summed E-state index contributed by atoms with van der Waals surface area (Å²) in [6.45, 7) is 8.39. The van der Waals surface area contributed by atoms with E-state index in [1.165, 1.54) is 57.9 Å². The Balaban J connectivity index is 1.98. The number of nitrogens with one attached hydrogen (secondary N) is 1. The van der Waals surface area contributed by atoms with Gasteiger partial charge in [-0.05, 0) is 64.0 Å². The lowest BCUT2D eigenvalue weighted by Gasteiger charge is -2.43. The van der Waals surface area contributed by atoms with E-state index < -0.39 is 0 Å². The molecular formula is C18H36N2. The number of nitrogens with zero attached hydrogens (tertiary/aromatic N) is 1. The summed E-state index contributed by atoms with van der Waals surface area (Å²) in [7, 11) is 2.17.